The molecular weight excluding hydrogens is 268 g/mol. The highest BCUT2D eigenvalue weighted by atomic mass is 32.2. The molecule has 2 amide bonds. The molecule has 2 aliphatic rings. The lowest BCUT2D eigenvalue weighted by Gasteiger charge is -2.39. The quantitative estimate of drug-likeness (QED) is 0.732. The molecule has 2 atom stereocenters. The van der Waals surface area contributed by atoms with E-state index in [-0.39, 0.29) is 23.7 Å². The lowest BCUT2D eigenvalue weighted by molar-refractivity contribution is -0.141. The van der Waals surface area contributed by atoms with Gasteiger partial charge in [0.1, 0.15) is 6.04 Å². The minimum Gasteiger partial charge on any atom is -0.480 e. The van der Waals surface area contributed by atoms with Crippen molar-refractivity contribution >= 4 is 23.8 Å². The third-order valence-electron chi connectivity index (χ3n) is 3.51. The highest BCUT2D eigenvalue weighted by Gasteiger charge is 2.42. The zero-order chi connectivity index (χ0) is 14.2. The van der Waals surface area contributed by atoms with Crippen LogP contribution in [0.15, 0.2) is 0 Å². The Morgan fingerprint density at radius 2 is 2.05 bits per heavy atom. The number of aliphatic hydroxyl groups excluding tert-OH is 1. The molecule has 6 nitrogen and oxygen atoms in total. The highest BCUT2D eigenvalue weighted by molar-refractivity contribution is 8.00. The van der Waals surface area contributed by atoms with Gasteiger partial charge in [0, 0.05) is 36.6 Å². The molecular formula is C12H20N2O4S. The first-order valence-electron chi connectivity index (χ1n) is 6.40. The fraction of sp³-hybridized carbons (Fsp3) is 0.833. The number of urea groups is 1. The van der Waals surface area contributed by atoms with Crippen LogP contribution < -0.4 is 0 Å². The molecule has 2 fully saturated rings. The van der Waals surface area contributed by atoms with E-state index in [2.05, 4.69) is 13.8 Å². The van der Waals surface area contributed by atoms with Crippen LogP contribution >= 0.6 is 11.8 Å². The van der Waals surface area contributed by atoms with Gasteiger partial charge in [0.2, 0.25) is 0 Å². The first-order valence-corrected chi connectivity index (χ1v) is 7.39. The number of rotatable bonds is 1. The molecule has 2 rings (SSSR count). The van der Waals surface area contributed by atoms with Crippen LogP contribution in [0.2, 0.25) is 0 Å². The average Bonchev–Trinajstić information content (AvgIpc) is 2.69. The molecule has 0 spiro atoms. The van der Waals surface area contributed by atoms with Gasteiger partial charge in [0.15, 0.2) is 0 Å². The number of hydrogen-bond donors (Lipinski definition) is 2. The fourth-order valence-corrected chi connectivity index (χ4v) is 3.73. The molecule has 0 aromatic carbocycles. The van der Waals surface area contributed by atoms with Crippen molar-refractivity contribution < 1.29 is 19.8 Å². The van der Waals surface area contributed by atoms with Crippen LogP contribution in [-0.2, 0) is 4.79 Å². The standard InChI is InChI=1S/C12H20N2O4S/c1-12(2)7-13(3-4-19-12)11(18)14-6-8(15)5-9(14)10(16)17/h8-9,15H,3-7H2,1-2H3,(H,16,17). The van der Waals surface area contributed by atoms with E-state index in [9.17, 15) is 14.7 Å². The molecule has 0 bridgehead atoms. The van der Waals surface area contributed by atoms with Crippen molar-refractivity contribution in [2.45, 2.75) is 37.2 Å². The van der Waals surface area contributed by atoms with Crippen molar-refractivity contribution in [3.05, 3.63) is 0 Å². The number of likely N-dealkylation sites (tertiary alicyclic amines) is 1. The van der Waals surface area contributed by atoms with Gasteiger partial charge in [-0.15, -0.1) is 0 Å². The number of nitrogens with zero attached hydrogens (tertiary/aromatic N) is 2. The number of thioether (sulfide) groups is 1. The van der Waals surface area contributed by atoms with Gasteiger partial charge < -0.3 is 20.0 Å². The Kier molecular flexibility index (Phi) is 3.96. The van der Waals surface area contributed by atoms with Gasteiger partial charge in [-0.2, -0.15) is 11.8 Å². The minimum absolute atomic E-state index is 0.00896. The van der Waals surface area contributed by atoms with Crippen molar-refractivity contribution in [3.63, 3.8) is 0 Å². The molecule has 0 aromatic heterocycles. The summed E-state index contributed by atoms with van der Waals surface area (Å²) >= 11 is 1.81. The van der Waals surface area contributed by atoms with Gasteiger partial charge in [-0.05, 0) is 13.8 Å². The Bertz CT molecular complexity index is 388. The molecule has 2 saturated heterocycles. The number of carbonyl (C=O) groups is 2. The predicted octanol–water partition coefficient (Wildman–Crippen LogP) is 0.454. The first-order chi connectivity index (χ1) is 8.80. The fourth-order valence-electron chi connectivity index (χ4n) is 2.62. The van der Waals surface area contributed by atoms with E-state index in [0.29, 0.717) is 13.1 Å². The van der Waals surface area contributed by atoms with Crippen LogP contribution in [0.4, 0.5) is 4.79 Å². The van der Waals surface area contributed by atoms with E-state index in [4.69, 9.17) is 5.11 Å². The van der Waals surface area contributed by atoms with E-state index in [1.807, 2.05) is 11.8 Å². The van der Waals surface area contributed by atoms with Crippen molar-refractivity contribution in [1.29, 1.82) is 0 Å². The molecule has 2 heterocycles. The summed E-state index contributed by atoms with van der Waals surface area (Å²) in [6, 6.07) is -1.17. The highest BCUT2D eigenvalue weighted by Crippen LogP contribution is 2.31. The van der Waals surface area contributed by atoms with Gasteiger partial charge in [-0.1, -0.05) is 0 Å². The topological polar surface area (TPSA) is 81.1 Å². The molecule has 7 heteroatoms. The second-order valence-electron chi connectivity index (χ2n) is 5.71. The molecule has 0 radical (unpaired) electrons. The van der Waals surface area contributed by atoms with Crippen LogP contribution in [0.25, 0.3) is 0 Å². The smallest absolute Gasteiger partial charge is 0.326 e. The number of hydrogen-bond acceptors (Lipinski definition) is 4. The van der Waals surface area contributed by atoms with Gasteiger partial charge in [-0.3, -0.25) is 0 Å². The second kappa shape index (κ2) is 5.20. The summed E-state index contributed by atoms with van der Waals surface area (Å²) < 4.78 is -0.00896. The molecule has 0 saturated carbocycles. The lowest BCUT2D eigenvalue weighted by Crippen LogP contribution is -2.53. The molecule has 19 heavy (non-hydrogen) atoms. The third-order valence-corrected chi connectivity index (χ3v) is 4.80. The SMILES string of the molecule is CC1(C)CN(C(=O)N2CC(O)CC2C(=O)O)CCS1. The number of aliphatic hydroxyl groups is 1. The van der Waals surface area contributed by atoms with E-state index in [1.54, 1.807) is 4.90 Å². The Morgan fingerprint density at radius 1 is 1.37 bits per heavy atom. The monoisotopic (exact) mass is 288 g/mol. The molecule has 2 unspecified atom stereocenters. The Morgan fingerprint density at radius 3 is 2.63 bits per heavy atom. The number of carboxylic acid groups (broad SMARTS) is 1. The summed E-state index contributed by atoms with van der Waals surface area (Å²) in [6.45, 7) is 5.50. The summed E-state index contributed by atoms with van der Waals surface area (Å²) in [5.74, 6) is -0.192. The van der Waals surface area contributed by atoms with E-state index in [1.165, 1.54) is 4.90 Å². The molecule has 108 valence electrons. The average molecular weight is 288 g/mol. The van der Waals surface area contributed by atoms with Crippen molar-refractivity contribution in [2.75, 3.05) is 25.4 Å². The largest absolute Gasteiger partial charge is 0.480 e. The van der Waals surface area contributed by atoms with E-state index >= 15 is 0 Å². The van der Waals surface area contributed by atoms with Gasteiger partial charge in [-0.25, -0.2) is 9.59 Å². The van der Waals surface area contributed by atoms with Crippen LogP contribution in [0, 0.1) is 0 Å². The van der Waals surface area contributed by atoms with Crippen LogP contribution in [-0.4, -0.2) is 74.3 Å². The number of β-amino-alcohol motifs (C(OH)–C–C–N with tert-alkyl or cyclic N) is 1. The normalized spacial score (nSPS) is 30.5. The molecule has 2 N–H and O–H groups in total. The molecule has 0 aromatic rings. The maximum Gasteiger partial charge on any atom is 0.326 e. The Balaban J connectivity index is 2.08. The van der Waals surface area contributed by atoms with Crippen LogP contribution in [0.1, 0.15) is 20.3 Å². The first kappa shape index (κ1) is 14.5. The lowest BCUT2D eigenvalue weighted by atomic mass is 10.2. The third kappa shape index (κ3) is 3.14. The maximum absolute atomic E-state index is 12.4. The number of carboxylic acids is 1. The minimum atomic E-state index is -1.05. The van der Waals surface area contributed by atoms with Crippen molar-refractivity contribution in [3.8, 4) is 0 Å². The summed E-state index contributed by atoms with van der Waals surface area (Å²) in [5, 5.41) is 18.7. The summed E-state index contributed by atoms with van der Waals surface area (Å²) in [4.78, 5) is 26.6. The van der Waals surface area contributed by atoms with Crippen molar-refractivity contribution in [1.82, 2.24) is 9.80 Å². The summed E-state index contributed by atoms with van der Waals surface area (Å²) in [7, 11) is 0. The van der Waals surface area contributed by atoms with Gasteiger partial charge in [0.25, 0.3) is 0 Å². The zero-order valence-corrected chi connectivity index (χ0v) is 12.0. The van der Waals surface area contributed by atoms with E-state index in [0.717, 1.165) is 5.75 Å². The summed E-state index contributed by atoms with van der Waals surface area (Å²) in [5.41, 5.74) is 0. The Labute approximate surface area is 116 Å². The van der Waals surface area contributed by atoms with Gasteiger partial charge >= 0.3 is 12.0 Å². The summed E-state index contributed by atoms with van der Waals surface area (Å²) in [6.07, 6.45) is -0.621. The number of carbonyl (C=O) groups excluding carboxylic acids is 1. The van der Waals surface area contributed by atoms with Crippen molar-refractivity contribution in [2.24, 2.45) is 0 Å². The number of aliphatic carboxylic acids is 1. The van der Waals surface area contributed by atoms with E-state index < -0.39 is 18.1 Å². The predicted molar refractivity (Wildman–Crippen MR) is 72.3 cm³/mol. The maximum atomic E-state index is 12.4. The zero-order valence-electron chi connectivity index (χ0n) is 11.2. The molecule has 0 aliphatic carbocycles. The number of amides is 2. The van der Waals surface area contributed by atoms with Gasteiger partial charge in [0.05, 0.1) is 6.10 Å². The molecule has 2 aliphatic heterocycles. The second-order valence-corrected chi connectivity index (χ2v) is 7.51. The Hall–Kier alpha value is -0.950. The van der Waals surface area contributed by atoms with Crippen LogP contribution in [0.3, 0.4) is 0 Å². The van der Waals surface area contributed by atoms with Crippen LogP contribution in [0.5, 0.6) is 0 Å².